The molecule has 0 atom stereocenters. The first-order valence-electron chi connectivity index (χ1n) is 10.9. The maximum absolute atomic E-state index is 12.7. The first-order valence-corrected chi connectivity index (χ1v) is 11.3. The summed E-state index contributed by atoms with van der Waals surface area (Å²) in [4.78, 5) is 25.3. The molecule has 34 heavy (non-hydrogen) atoms. The molecular weight excluding hydrogens is 450 g/mol. The van der Waals surface area contributed by atoms with E-state index in [4.69, 9.17) is 21.7 Å². The molecule has 0 saturated heterocycles. The zero-order chi connectivity index (χ0) is 24.2. The van der Waals surface area contributed by atoms with E-state index in [0.29, 0.717) is 48.9 Å². The molecule has 3 aromatic carbocycles. The van der Waals surface area contributed by atoms with E-state index >= 15 is 0 Å². The number of thiocarbonyl (C=S) groups is 1. The summed E-state index contributed by atoms with van der Waals surface area (Å²) in [6.45, 7) is 3.90. The normalized spacial score (nSPS) is 10.3. The van der Waals surface area contributed by atoms with Crippen molar-refractivity contribution in [2.45, 2.75) is 13.5 Å². The van der Waals surface area contributed by atoms with Gasteiger partial charge >= 0.3 is 0 Å². The molecule has 0 heterocycles. The summed E-state index contributed by atoms with van der Waals surface area (Å²) < 4.78 is 10.8. The van der Waals surface area contributed by atoms with Gasteiger partial charge in [-0.1, -0.05) is 42.5 Å². The number of rotatable bonds is 10. The molecule has 7 nitrogen and oxygen atoms in total. The van der Waals surface area contributed by atoms with Gasteiger partial charge in [-0.25, -0.2) is 0 Å². The second kappa shape index (κ2) is 13.1. The summed E-state index contributed by atoms with van der Waals surface area (Å²) in [5.74, 6) is 0.0257. The number of anilines is 1. The van der Waals surface area contributed by atoms with Crippen LogP contribution in [-0.4, -0.2) is 36.7 Å². The number of nitrogens with one attached hydrogen (secondary N) is 3. The minimum absolute atomic E-state index is 0.0883. The van der Waals surface area contributed by atoms with Crippen molar-refractivity contribution in [3.63, 3.8) is 0 Å². The molecule has 176 valence electrons. The highest BCUT2D eigenvalue weighted by atomic mass is 32.1. The minimum atomic E-state index is -0.371. The number of hydrogen-bond donors (Lipinski definition) is 3. The number of benzene rings is 3. The van der Waals surface area contributed by atoms with E-state index in [1.54, 1.807) is 48.5 Å². The lowest BCUT2D eigenvalue weighted by Crippen LogP contribution is -2.35. The average Bonchev–Trinajstić information content (AvgIpc) is 2.86. The first kappa shape index (κ1) is 24.9. The van der Waals surface area contributed by atoms with Crippen molar-refractivity contribution in [3.05, 3.63) is 95.6 Å². The number of amides is 2. The molecule has 0 unspecified atom stereocenters. The van der Waals surface area contributed by atoms with Gasteiger partial charge in [-0.15, -0.1) is 0 Å². The largest absolute Gasteiger partial charge is 0.491 e. The topological polar surface area (TPSA) is 88.7 Å². The molecule has 3 aromatic rings. The van der Waals surface area contributed by atoms with Crippen LogP contribution in [0.5, 0.6) is 5.75 Å². The van der Waals surface area contributed by atoms with Crippen LogP contribution in [0.15, 0.2) is 78.9 Å². The van der Waals surface area contributed by atoms with Gasteiger partial charge in [0.25, 0.3) is 11.8 Å². The van der Waals surface area contributed by atoms with Crippen LogP contribution in [0.3, 0.4) is 0 Å². The van der Waals surface area contributed by atoms with Gasteiger partial charge in [-0.2, -0.15) is 0 Å². The Morgan fingerprint density at radius 1 is 0.853 bits per heavy atom. The number of carbonyl (C=O) groups is 2. The van der Waals surface area contributed by atoms with Crippen molar-refractivity contribution in [3.8, 4) is 5.75 Å². The van der Waals surface area contributed by atoms with Crippen molar-refractivity contribution in [1.82, 2.24) is 10.6 Å². The lowest BCUT2D eigenvalue weighted by molar-refractivity contribution is 0.0950. The molecule has 3 N–H and O–H groups in total. The fourth-order valence-electron chi connectivity index (χ4n) is 3.06. The zero-order valence-corrected chi connectivity index (χ0v) is 19.7. The van der Waals surface area contributed by atoms with E-state index in [0.717, 1.165) is 5.56 Å². The zero-order valence-electron chi connectivity index (χ0n) is 18.9. The maximum Gasteiger partial charge on any atom is 0.257 e. The van der Waals surface area contributed by atoms with Crippen LogP contribution in [-0.2, 0) is 11.3 Å². The van der Waals surface area contributed by atoms with Crippen molar-refractivity contribution in [1.29, 1.82) is 0 Å². The highest BCUT2D eigenvalue weighted by Gasteiger charge is 2.13. The summed E-state index contributed by atoms with van der Waals surface area (Å²) in [7, 11) is 0. The van der Waals surface area contributed by atoms with Gasteiger partial charge in [-0.3, -0.25) is 14.9 Å². The van der Waals surface area contributed by atoms with Crippen LogP contribution < -0.4 is 20.7 Å². The van der Waals surface area contributed by atoms with Crippen LogP contribution in [0.1, 0.15) is 33.2 Å². The molecule has 2 amide bonds. The molecule has 0 saturated carbocycles. The predicted molar refractivity (Wildman–Crippen MR) is 136 cm³/mol. The highest BCUT2D eigenvalue weighted by Crippen LogP contribution is 2.16. The molecule has 0 aromatic heterocycles. The van der Waals surface area contributed by atoms with Crippen LogP contribution in [0, 0.1) is 0 Å². The van der Waals surface area contributed by atoms with Crippen LogP contribution >= 0.6 is 12.2 Å². The van der Waals surface area contributed by atoms with E-state index in [9.17, 15) is 9.59 Å². The van der Waals surface area contributed by atoms with Gasteiger partial charge in [0.2, 0.25) is 0 Å². The average molecular weight is 478 g/mol. The highest BCUT2D eigenvalue weighted by molar-refractivity contribution is 7.80. The molecular formula is C26H27N3O4S. The molecule has 0 aliphatic heterocycles. The summed E-state index contributed by atoms with van der Waals surface area (Å²) in [5.41, 5.74) is 2.34. The van der Waals surface area contributed by atoms with Crippen LogP contribution in [0.25, 0.3) is 0 Å². The molecule has 0 aliphatic carbocycles. The Bertz CT molecular complexity index is 1100. The molecule has 0 bridgehead atoms. The fraction of sp³-hybridized carbons (Fsp3) is 0.192. The van der Waals surface area contributed by atoms with Crippen molar-refractivity contribution in [2.75, 3.05) is 25.1 Å². The Balaban J connectivity index is 1.54. The van der Waals surface area contributed by atoms with E-state index in [1.165, 1.54) is 0 Å². The van der Waals surface area contributed by atoms with Crippen LogP contribution in [0.2, 0.25) is 0 Å². The Morgan fingerprint density at radius 2 is 1.56 bits per heavy atom. The number of ether oxygens (including phenoxy) is 2. The molecule has 0 spiro atoms. The summed E-state index contributed by atoms with van der Waals surface area (Å²) >= 11 is 5.29. The SMILES string of the molecule is CCOCCOc1ccc(C(=O)NC(=S)Nc2ccccc2C(=O)NCc2ccccc2)cc1. The monoisotopic (exact) mass is 477 g/mol. The van der Waals surface area contributed by atoms with Crippen LogP contribution in [0.4, 0.5) is 5.69 Å². The first-order chi connectivity index (χ1) is 16.6. The second-order valence-electron chi connectivity index (χ2n) is 7.19. The van der Waals surface area contributed by atoms with Gasteiger partial charge in [0.1, 0.15) is 12.4 Å². The Labute approximate surface area is 204 Å². The van der Waals surface area contributed by atoms with E-state index < -0.39 is 0 Å². The third-order valence-corrected chi connectivity index (χ3v) is 4.96. The second-order valence-corrected chi connectivity index (χ2v) is 7.60. The van der Waals surface area contributed by atoms with Gasteiger partial charge in [-0.05, 0) is 61.1 Å². The molecule has 8 heteroatoms. The van der Waals surface area contributed by atoms with Gasteiger partial charge in [0, 0.05) is 18.7 Å². The molecule has 0 radical (unpaired) electrons. The summed E-state index contributed by atoms with van der Waals surface area (Å²) in [6.07, 6.45) is 0. The van der Waals surface area contributed by atoms with E-state index in [1.807, 2.05) is 37.3 Å². The lowest BCUT2D eigenvalue weighted by Gasteiger charge is -2.14. The quantitative estimate of drug-likeness (QED) is 0.300. The third kappa shape index (κ3) is 7.68. The number of carbonyl (C=O) groups excluding carboxylic acids is 2. The maximum atomic E-state index is 12.7. The summed E-state index contributed by atoms with van der Waals surface area (Å²) in [5, 5.41) is 8.56. The van der Waals surface area contributed by atoms with E-state index in [2.05, 4.69) is 16.0 Å². The minimum Gasteiger partial charge on any atom is -0.491 e. The molecule has 3 rings (SSSR count). The Hall–Kier alpha value is -3.75. The Kier molecular flexibility index (Phi) is 9.57. The fourth-order valence-corrected chi connectivity index (χ4v) is 3.26. The van der Waals surface area contributed by atoms with Crippen molar-refractivity contribution in [2.24, 2.45) is 0 Å². The number of hydrogen-bond acceptors (Lipinski definition) is 5. The van der Waals surface area contributed by atoms with Gasteiger partial charge in [0.15, 0.2) is 5.11 Å². The third-order valence-electron chi connectivity index (χ3n) is 4.76. The number of para-hydroxylation sites is 1. The standard InChI is InChI=1S/C26H27N3O4S/c1-2-32-16-17-33-21-14-12-20(13-15-21)24(30)29-26(34)28-23-11-7-6-10-22(23)25(31)27-18-19-8-4-3-5-9-19/h3-15H,2,16-18H2,1H3,(H,27,31)(H2,28,29,30,34). The smallest absolute Gasteiger partial charge is 0.257 e. The molecule has 0 aliphatic rings. The van der Waals surface area contributed by atoms with E-state index in [-0.39, 0.29) is 16.9 Å². The molecule has 0 fully saturated rings. The van der Waals surface area contributed by atoms with Crippen molar-refractivity contribution < 1.29 is 19.1 Å². The lowest BCUT2D eigenvalue weighted by atomic mass is 10.1. The van der Waals surface area contributed by atoms with Gasteiger partial charge < -0.3 is 20.1 Å². The Morgan fingerprint density at radius 3 is 2.29 bits per heavy atom. The van der Waals surface area contributed by atoms with Gasteiger partial charge in [0.05, 0.1) is 17.9 Å². The summed E-state index contributed by atoms with van der Waals surface area (Å²) in [6, 6.07) is 23.3. The van der Waals surface area contributed by atoms with Crippen molar-refractivity contribution >= 4 is 34.8 Å². The predicted octanol–water partition coefficient (Wildman–Crippen LogP) is 4.16.